The number of nitrogens with zero attached hydrogens (tertiary/aromatic N) is 2. The molecule has 0 fully saturated rings. The minimum atomic E-state index is -0.523. The highest BCUT2D eigenvalue weighted by molar-refractivity contribution is 5.78. The Morgan fingerprint density at radius 3 is 2.75 bits per heavy atom. The van der Waals surface area contributed by atoms with E-state index in [-0.39, 0.29) is 18.5 Å². The molecule has 5 heteroatoms. The Morgan fingerprint density at radius 2 is 2.10 bits per heavy atom. The van der Waals surface area contributed by atoms with Gasteiger partial charge in [0.15, 0.2) is 0 Å². The van der Waals surface area contributed by atoms with Gasteiger partial charge in [-0.3, -0.25) is 13.9 Å². The van der Waals surface area contributed by atoms with Crippen molar-refractivity contribution in [3.8, 4) is 11.8 Å². The van der Waals surface area contributed by atoms with Crippen LogP contribution in [0.1, 0.15) is 6.92 Å². The Morgan fingerprint density at radius 1 is 1.35 bits per heavy atom. The van der Waals surface area contributed by atoms with E-state index in [1.807, 2.05) is 0 Å². The second kappa shape index (κ2) is 5.57. The Labute approximate surface area is 114 Å². The maximum atomic E-state index is 13.3. The first-order valence-electron chi connectivity index (χ1n) is 6.03. The zero-order valence-electron chi connectivity index (χ0n) is 11.0. The SMILES string of the molecule is C=CCn1c(=O)c2cc(F)ccc2n(CC#CC)c1=O. The van der Waals surface area contributed by atoms with Crippen LogP contribution in [0.3, 0.4) is 0 Å². The highest BCUT2D eigenvalue weighted by atomic mass is 19.1. The van der Waals surface area contributed by atoms with Gasteiger partial charge in [0.1, 0.15) is 5.82 Å². The molecule has 1 aromatic heterocycles. The predicted octanol–water partition coefficient (Wildman–Crippen LogP) is 1.51. The summed E-state index contributed by atoms with van der Waals surface area (Å²) in [7, 11) is 0. The zero-order valence-corrected chi connectivity index (χ0v) is 11.0. The van der Waals surface area contributed by atoms with E-state index in [2.05, 4.69) is 18.4 Å². The number of hydrogen-bond donors (Lipinski definition) is 0. The summed E-state index contributed by atoms with van der Waals surface area (Å²) < 4.78 is 15.7. The topological polar surface area (TPSA) is 44.0 Å². The molecule has 0 aliphatic heterocycles. The largest absolute Gasteiger partial charge is 0.332 e. The monoisotopic (exact) mass is 272 g/mol. The molecule has 0 saturated carbocycles. The summed E-state index contributed by atoms with van der Waals surface area (Å²) in [4.78, 5) is 24.5. The number of fused-ring (bicyclic) bond motifs is 1. The van der Waals surface area contributed by atoms with Crippen molar-refractivity contribution < 1.29 is 4.39 Å². The molecule has 2 rings (SSSR count). The molecule has 0 atom stereocenters. The van der Waals surface area contributed by atoms with Crippen molar-refractivity contribution in [2.45, 2.75) is 20.0 Å². The van der Waals surface area contributed by atoms with Crippen molar-refractivity contribution >= 4 is 10.9 Å². The van der Waals surface area contributed by atoms with Crippen LogP contribution in [0.25, 0.3) is 10.9 Å². The molecule has 0 unspecified atom stereocenters. The molecular weight excluding hydrogens is 259 g/mol. The van der Waals surface area contributed by atoms with E-state index >= 15 is 0 Å². The number of halogens is 1. The molecule has 0 amide bonds. The molecule has 102 valence electrons. The number of aromatic nitrogens is 2. The predicted molar refractivity (Wildman–Crippen MR) is 76.1 cm³/mol. The van der Waals surface area contributed by atoms with Crippen LogP contribution in [0.15, 0.2) is 40.4 Å². The van der Waals surface area contributed by atoms with E-state index in [0.29, 0.717) is 5.52 Å². The third-order valence-electron chi connectivity index (χ3n) is 2.91. The van der Waals surface area contributed by atoms with E-state index in [1.165, 1.54) is 22.8 Å². The maximum absolute atomic E-state index is 13.3. The lowest BCUT2D eigenvalue weighted by atomic mass is 10.2. The fourth-order valence-corrected chi connectivity index (χ4v) is 2.00. The Hall–Kier alpha value is -2.61. The van der Waals surface area contributed by atoms with Crippen molar-refractivity contribution in [3.05, 3.63) is 57.5 Å². The smallest absolute Gasteiger partial charge is 0.282 e. The van der Waals surface area contributed by atoms with Gasteiger partial charge in [-0.2, -0.15) is 0 Å². The molecule has 0 saturated heterocycles. The summed E-state index contributed by atoms with van der Waals surface area (Å²) >= 11 is 0. The van der Waals surface area contributed by atoms with Crippen molar-refractivity contribution in [1.82, 2.24) is 9.13 Å². The number of rotatable bonds is 3. The molecule has 4 nitrogen and oxygen atoms in total. The molecule has 2 aromatic rings. The molecule has 0 spiro atoms. The maximum Gasteiger partial charge on any atom is 0.332 e. The van der Waals surface area contributed by atoms with Crippen molar-refractivity contribution in [3.63, 3.8) is 0 Å². The van der Waals surface area contributed by atoms with Crippen molar-refractivity contribution in [2.24, 2.45) is 0 Å². The van der Waals surface area contributed by atoms with Gasteiger partial charge in [-0.1, -0.05) is 12.0 Å². The third kappa shape index (κ3) is 2.28. The van der Waals surface area contributed by atoms with E-state index in [0.717, 1.165) is 10.6 Å². The summed E-state index contributed by atoms with van der Waals surface area (Å²) in [6, 6.07) is 3.77. The standard InChI is InChI=1S/C15H13FN2O2/c1-3-5-9-17-13-7-6-11(16)10-12(13)14(19)18(8-4-2)15(17)20/h4,6-7,10H,2,8-9H2,1H3. The van der Waals surface area contributed by atoms with Crippen LogP contribution in [0.5, 0.6) is 0 Å². The van der Waals surface area contributed by atoms with E-state index in [4.69, 9.17) is 0 Å². The highest BCUT2D eigenvalue weighted by Gasteiger charge is 2.12. The Bertz CT molecular complexity index is 850. The fraction of sp³-hybridized carbons (Fsp3) is 0.200. The molecule has 1 aromatic carbocycles. The van der Waals surface area contributed by atoms with Crippen LogP contribution < -0.4 is 11.2 Å². The van der Waals surface area contributed by atoms with Gasteiger partial charge in [-0.25, -0.2) is 9.18 Å². The van der Waals surface area contributed by atoms with Gasteiger partial charge in [0.05, 0.1) is 17.4 Å². The molecule has 0 aliphatic carbocycles. The van der Waals surface area contributed by atoms with Crippen LogP contribution in [0.2, 0.25) is 0 Å². The van der Waals surface area contributed by atoms with Gasteiger partial charge in [0, 0.05) is 6.54 Å². The normalized spacial score (nSPS) is 10.1. The summed E-state index contributed by atoms with van der Waals surface area (Å²) in [5.74, 6) is 4.95. The van der Waals surface area contributed by atoms with Crippen LogP contribution >= 0.6 is 0 Å². The van der Waals surface area contributed by atoms with Crippen LogP contribution in [-0.4, -0.2) is 9.13 Å². The van der Waals surface area contributed by atoms with E-state index in [1.54, 1.807) is 6.92 Å². The number of allylic oxidation sites excluding steroid dienone is 1. The minimum absolute atomic E-state index is 0.0731. The van der Waals surface area contributed by atoms with E-state index in [9.17, 15) is 14.0 Å². The van der Waals surface area contributed by atoms with Crippen molar-refractivity contribution in [2.75, 3.05) is 0 Å². The fourth-order valence-electron chi connectivity index (χ4n) is 2.00. The minimum Gasteiger partial charge on any atom is -0.282 e. The van der Waals surface area contributed by atoms with Gasteiger partial charge >= 0.3 is 5.69 Å². The number of benzene rings is 1. The summed E-state index contributed by atoms with van der Waals surface area (Å²) in [5, 5.41) is 0.157. The van der Waals surface area contributed by atoms with Crippen molar-refractivity contribution in [1.29, 1.82) is 0 Å². The first kappa shape index (κ1) is 13.8. The zero-order chi connectivity index (χ0) is 14.7. The average molecular weight is 272 g/mol. The van der Waals surface area contributed by atoms with E-state index < -0.39 is 17.1 Å². The second-order valence-electron chi connectivity index (χ2n) is 4.16. The lowest BCUT2D eigenvalue weighted by molar-refractivity contribution is 0.624. The molecule has 0 bridgehead atoms. The molecular formula is C15H13FN2O2. The Balaban J connectivity index is 2.93. The first-order valence-corrected chi connectivity index (χ1v) is 6.03. The van der Waals surface area contributed by atoms with Gasteiger partial charge in [0.2, 0.25) is 0 Å². The molecule has 20 heavy (non-hydrogen) atoms. The lowest BCUT2D eigenvalue weighted by Gasteiger charge is -2.11. The third-order valence-corrected chi connectivity index (χ3v) is 2.91. The molecule has 1 heterocycles. The van der Waals surface area contributed by atoms with Gasteiger partial charge in [0.25, 0.3) is 5.56 Å². The first-order chi connectivity index (χ1) is 9.60. The van der Waals surface area contributed by atoms with Gasteiger partial charge in [-0.15, -0.1) is 12.5 Å². The Kier molecular flexibility index (Phi) is 3.85. The number of hydrogen-bond acceptors (Lipinski definition) is 2. The van der Waals surface area contributed by atoms with Crippen LogP contribution in [-0.2, 0) is 13.1 Å². The molecule has 0 aliphatic rings. The molecule has 0 radical (unpaired) electrons. The lowest BCUT2D eigenvalue weighted by Crippen LogP contribution is -2.39. The van der Waals surface area contributed by atoms with Crippen LogP contribution in [0.4, 0.5) is 4.39 Å². The summed E-state index contributed by atoms with van der Waals surface area (Å²) in [6.07, 6.45) is 1.45. The van der Waals surface area contributed by atoms with Gasteiger partial charge < -0.3 is 0 Å². The summed E-state index contributed by atoms with van der Waals surface area (Å²) in [5.41, 5.74) is -0.619. The molecule has 0 N–H and O–H groups in total. The average Bonchev–Trinajstić information content (AvgIpc) is 2.44. The highest BCUT2D eigenvalue weighted by Crippen LogP contribution is 2.10. The van der Waals surface area contributed by atoms with Crippen LogP contribution in [0, 0.1) is 17.7 Å². The van der Waals surface area contributed by atoms with Gasteiger partial charge in [-0.05, 0) is 25.1 Å². The second-order valence-corrected chi connectivity index (χ2v) is 4.16. The quantitative estimate of drug-likeness (QED) is 0.628. The summed E-state index contributed by atoms with van der Waals surface area (Å²) in [6.45, 7) is 5.40.